The van der Waals surface area contributed by atoms with E-state index in [1.54, 1.807) is 31.2 Å². The molecular formula is C34H24FI2N3O3S. The van der Waals surface area contributed by atoms with E-state index in [0.717, 1.165) is 24.0 Å². The zero-order chi connectivity index (χ0) is 30.8. The minimum Gasteiger partial charge on any atom is -0.487 e. The third kappa shape index (κ3) is 6.42. The number of hydrogen-bond donors (Lipinski definition) is 1. The van der Waals surface area contributed by atoms with Gasteiger partial charge in [0.05, 0.1) is 29.0 Å². The van der Waals surface area contributed by atoms with Crippen molar-refractivity contribution in [2.75, 3.05) is 5.32 Å². The number of carbonyl (C=O) groups is 1. The summed E-state index contributed by atoms with van der Waals surface area (Å²) in [6.07, 6.45) is 1.83. The van der Waals surface area contributed by atoms with Crippen LogP contribution in [0.3, 0.4) is 0 Å². The van der Waals surface area contributed by atoms with Gasteiger partial charge in [-0.25, -0.2) is 9.38 Å². The summed E-state index contributed by atoms with van der Waals surface area (Å²) in [5.41, 5.74) is 3.67. The second kappa shape index (κ2) is 13.2. The Morgan fingerprint density at radius 3 is 2.30 bits per heavy atom. The molecule has 5 aromatic rings. The molecule has 1 atom stereocenters. The average molecular weight is 827 g/mol. The van der Waals surface area contributed by atoms with Gasteiger partial charge in [-0.15, -0.1) is 0 Å². The summed E-state index contributed by atoms with van der Waals surface area (Å²) in [4.78, 5) is 32.8. The van der Waals surface area contributed by atoms with Crippen LogP contribution >= 0.6 is 56.5 Å². The molecule has 1 N–H and O–H groups in total. The van der Waals surface area contributed by atoms with Crippen molar-refractivity contribution in [1.29, 1.82) is 0 Å². The quantitative estimate of drug-likeness (QED) is 0.184. The van der Waals surface area contributed by atoms with Gasteiger partial charge in [-0.05, 0) is 111 Å². The predicted molar refractivity (Wildman–Crippen MR) is 188 cm³/mol. The summed E-state index contributed by atoms with van der Waals surface area (Å²) < 4.78 is 23.9. The second-order valence-corrected chi connectivity index (χ2v) is 13.4. The molecule has 0 aliphatic carbocycles. The van der Waals surface area contributed by atoms with Gasteiger partial charge in [-0.1, -0.05) is 72.0 Å². The molecule has 220 valence electrons. The number of carbonyl (C=O) groups excluding carboxylic acids is 1. The SMILES string of the molecule is CC1=C(C(=O)Nc2ccccc2)C(c2ccc(F)cc2)n2c(s/c(=C\c3cc(I)c(OCc4ccccc4)c(I)c3)c2=O)=N1. The number of hydrogen-bond acceptors (Lipinski definition) is 5. The smallest absolute Gasteiger partial charge is 0.271 e. The van der Waals surface area contributed by atoms with Crippen molar-refractivity contribution in [2.24, 2.45) is 4.99 Å². The van der Waals surface area contributed by atoms with E-state index in [1.165, 1.54) is 28.0 Å². The molecule has 4 aromatic carbocycles. The monoisotopic (exact) mass is 827 g/mol. The zero-order valence-electron chi connectivity index (χ0n) is 23.3. The molecule has 1 aliphatic heterocycles. The van der Waals surface area contributed by atoms with Crippen LogP contribution in [0.5, 0.6) is 5.75 Å². The van der Waals surface area contributed by atoms with Crippen molar-refractivity contribution in [3.8, 4) is 5.75 Å². The highest BCUT2D eigenvalue weighted by atomic mass is 127. The zero-order valence-corrected chi connectivity index (χ0v) is 28.4. The number of rotatable bonds is 7. The standard InChI is InChI=1S/C34H24FI2N3O3S/c1-20-29(32(41)39-25-10-6-3-7-11-25)30(23-12-14-24(35)15-13-23)40-33(42)28(44-34(40)38-20)18-22-16-26(36)31(27(37)17-22)43-19-21-8-4-2-5-9-21/h2-18,30H,19H2,1H3,(H,39,41)/b28-18-. The maximum absolute atomic E-state index is 14.0. The lowest BCUT2D eigenvalue weighted by atomic mass is 9.95. The van der Waals surface area contributed by atoms with Gasteiger partial charge in [0, 0.05) is 5.69 Å². The van der Waals surface area contributed by atoms with Crippen molar-refractivity contribution in [1.82, 2.24) is 4.57 Å². The third-order valence-corrected chi connectivity index (χ3v) is 9.61. The van der Waals surface area contributed by atoms with Crippen LogP contribution in [0.2, 0.25) is 0 Å². The summed E-state index contributed by atoms with van der Waals surface area (Å²) in [7, 11) is 0. The first-order valence-electron chi connectivity index (χ1n) is 13.6. The van der Waals surface area contributed by atoms with Gasteiger partial charge in [0.25, 0.3) is 11.5 Å². The molecule has 1 aliphatic rings. The van der Waals surface area contributed by atoms with E-state index in [-0.39, 0.29) is 11.5 Å². The van der Waals surface area contributed by atoms with Crippen molar-refractivity contribution >= 4 is 74.2 Å². The maximum Gasteiger partial charge on any atom is 0.271 e. The summed E-state index contributed by atoms with van der Waals surface area (Å²) in [5, 5.41) is 2.92. The molecule has 10 heteroatoms. The Morgan fingerprint density at radius 2 is 1.64 bits per heavy atom. The highest BCUT2D eigenvalue weighted by molar-refractivity contribution is 14.1. The van der Waals surface area contributed by atoms with Gasteiger partial charge in [-0.2, -0.15) is 0 Å². The van der Waals surface area contributed by atoms with Crippen molar-refractivity contribution < 1.29 is 13.9 Å². The highest BCUT2D eigenvalue weighted by Gasteiger charge is 2.32. The Balaban J connectivity index is 1.40. The number of nitrogens with one attached hydrogen (secondary N) is 1. The van der Waals surface area contributed by atoms with Gasteiger partial charge < -0.3 is 10.1 Å². The molecule has 0 saturated carbocycles. The predicted octanol–water partition coefficient (Wildman–Crippen LogP) is 6.80. The number of ether oxygens (including phenoxy) is 1. The molecule has 6 nitrogen and oxygen atoms in total. The largest absolute Gasteiger partial charge is 0.487 e. The molecule has 6 rings (SSSR count). The highest BCUT2D eigenvalue weighted by Crippen LogP contribution is 2.32. The second-order valence-electron chi connectivity index (χ2n) is 10.0. The summed E-state index contributed by atoms with van der Waals surface area (Å²) in [6.45, 7) is 2.21. The number of allylic oxidation sites excluding steroid dienone is 1. The summed E-state index contributed by atoms with van der Waals surface area (Å²) >= 11 is 5.75. The van der Waals surface area contributed by atoms with E-state index in [1.807, 2.05) is 66.7 Å². The van der Waals surface area contributed by atoms with E-state index in [4.69, 9.17) is 9.73 Å². The van der Waals surface area contributed by atoms with Gasteiger partial charge in [-0.3, -0.25) is 14.2 Å². The molecule has 1 amide bonds. The number of thiazole rings is 1. The van der Waals surface area contributed by atoms with Gasteiger partial charge in [0.15, 0.2) is 4.80 Å². The van der Waals surface area contributed by atoms with Crippen molar-refractivity contribution in [3.05, 3.63) is 158 Å². The first-order chi connectivity index (χ1) is 21.3. The average Bonchev–Trinajstić information content (AvgIpc) is 3.31. The first kappa shape index (κ1) is 30.4. The normalized spacial score (nSPS) is 14.6. The van der Waals surface area contributed by atoms with Crippen LogP contribution in [0.4, 0.5) is 10.1 Å². The van der Waals surface area contributed by atoms with Crippen LogP contribution in [-0.2, 0) is 11.4 Å². The van der Waals surface area contributed by atoms with E-state index >= 15 is 0 Å². The van der Waals surface area contributed by atoms with Crippen molar-refractivity contribution in [2.45, 2.75) is 19.6 Å². The third-order valence-electron chi connectivity index (χ3n) is 7.03. The molecule has 2 heterocycles. The Labute approximate surface area is 283 Å². The number of anilines is 1. The molecule has 0 saturated heterocycles. The number of para-hydroxylation sites is 1. The van der Waals surface area contributed by atoms with Crippen LogP contribution in [0.1, 0.15) is 29.7 Å². The van der Waals surface area contributed by atoms with E-state index < -0.39 is 11.9 Å². The fraction of sp³-hybridized carbons (Fsp3) is 0.0882. The number of aromatic nitrogens is 1. The molecule has 0 fully saturated rings. The number of halogens is 3. The fourth-order valence-electron chi connectivity index (χ4n) is 4.97. The summed E-state index contributed by atoms with van der Waals surface area (Å²) in [5.74, 6) is 0.00321. The van der Waals surface area contributed by atoms with Crippen LogP contribution in [0.25, 0.3) is 6.08 Å². The van der Waals surface area contributed by atoms with Gasteiger partial charge >= 0.3 is 0 Å². The Hall–Kier alpha value is -3.62. The van der Waals surface area contributed by atoms with Crippen LogP contribution in [-0.4, -0.2) is 10.5 Å². The molecular weight excluding hydrogens is 803 g/mol. The number of nitrogens with zero attached hydrogens (tertiary/aromatic N) is 2. The van der Waals surface area contributed by atoms with Gasteiger partial charge in [0.1, 0.15) is 18.2 Å². The molecule has 0 radical (unpaired) electrons. The maximum atomic E-state index is 14.0. The lowest BCUT2D eigenvalue weighted by molar-refractivity contribution is -0.113. The number of fused-ring (bicyclic) bond motifs is 1. The fourth-order valence-corrected chi connectivity index (χ4v) is 8.15. The summed E-state index contributed by atoms with van der Waals surface area (Å²) in [6, 6.07) is 28.1. The molecule has 1 aromatic heterocycles. The van der Waals surface area contributed by atoms with Crippen LogP contribution < -0.4 is 24.9 Å². The topological polar surface area (TPSA) is 72.7 Å². The Morgan fingerprint density at radius 1 is 1.00 bits per heavy atom. The van der Waals surface area contributed by atoms with Crippen molar-refractivity contribution in [3.63, 3.8) is 0 Å². The molecule has 0 spiro atoms. The minimum atomic E-state index is -0.785. The molecule has 44 heavy (non-hydrogen) atoms. The first-order valence-corrected chi connectivity index (χ1v) is 16.6. The number of benzene rings is 4. The van der Waals surface area contributed by atoms with Crippen LogP contribution in [0.15, 0.2) is 118 Å². The van der Waals surface area contributed by atoms with E-state index in [0.29, 0.717) is 38.5 Å². The van der Waals surface area contributed by atoms with Gasteiger partial charge in [0.2, 0.25) is 0 Å². The number of amides is 1. The Kier molecular flexibility index (Phi) is 9.10. The minimum absolute atomic E-state index is 0.282. The lowest BCUT2D eigenvalue weighted by Crippen LogP contribution is -2.40. The van der Waals surface area contributed by atoms with Crippen LogP contribution in [0, 0.1) is 13.0 Å². The van der Waals surface area contributed by atoms with E-state index in [9.17, 15) is 14.0 Å². The Bertz CT molecular complexity index is 2050. The van der Waals surface area contributed by atoms with E-state index in [2.05, 4.69) is 50.5 Å². The lowest BCUT2D eigenvalue weighted by Gasteiger charge is -2.25. The molecule has 1 unspecified atom stereocenters. The molecule has 0 bridgehead atoms.